The van der Waals surface area contributed by atoms with Crippen LogP contribution in [0.5, 0.6) is 0 Å². The maximum Gasteiger partial charge on any atom is 0.269 e. The van der Waals surface area contributed by atoms with Gasteiger partial charge in [-0.3, -0.25) is 20.6 Å². The largest absolute Gasteiger partial charge is 0.372 e. The quantitative estimate of drug-likeness (QED) is 0.772. The van der Waals surface area contributed by atoms with E-state index in [9.17, 15) is 4.79 Å². The summed E-state index contributed by atoms with van der Waals surface area (Å²) in [6, 6.07) is 13.0. The van der Waals surface area contributed by atoms with Crippen LogP contribution in [0.15, 0.2) is 55.2 Å². The predicted octanol–water partition coefficient (Wildman–Crippen LogP) is 2.83. The van der Waals surface area contributed by atoms with Crippen molar-refractivity contribution in [2.45, 2.75) is 13.8 Å². The first-order valence-electron chi connectivity index (χ1n) is 7.67. The summed E-state index contributed by atoms with van der Waals surface area (Å²) in [5, 5.41) is 0. The Morgan fingerprint density at radius 2 is 1.78 bits per heavy atom. The van der Waals surface area contributed by atoms with Gasteiger partial charge in [0, 0.05) is 30.5 Å². The van der Waals surface area contributed by atoms with Gasteiger partial charge in [-0.25, -0.2) is 0 Å². The number of amides is 1. The molecule has 1 aromatic carbocycles. The Balaban J connectivity index is 1.94. The van der Waals surface area contributed by atoms with E-state index < -0.39 is 0 Å². The second kappa shape index (κ2) is 7.98. The molecule has 23 heavy (non-hydrogen) atoms. The van der Waals surface area contributed by atoms with E-state index >= 15 is 0 Å². The Labute approximate surface area is 137 Å². The van der Waals surface area contributed by atoms with Crippen LogP contribution in [0.4, 0.5) is 5.69 Å². The van der Waals surface area contributed by atoms with Crippen molar-refractivity contribution >= 4 is 17.3 Å². The Bertz CT molecular complexity index is 648. The molecule has 0 aliphatic heterocycles. The minimum Gasteiger partial charge on any atom is -0.372 e. The molecule has 0 fully saturated rings. The normalized spacial score (nSPS) is 10.0. The van der Waals surface area contributed by atoms with E-state index in [1.54, 1.807) is 6.20 Å². The monoisotopic (exact) mass is 310 g/mol. The predicted molar refractivity (Wildman–Crippen MR) is 93.9 cm³/mol. The summed E-state index contributed by atoms with van der Waals surface area (Å²) < 4.78 is 0. The highest BCUT2D eigenvalue weighted by Crippen LogP contribution is 2.14. The van der Waals surface area contributed by atoms with Crippen molar-refractivity contribution in [1.82, 2.24) is 15.8 Å². The minimum absolute atomic E-state index is 0.215. The first kappa shape index (κ1) is 16.5. The summed E-state index contributed by atoms with van der Waals surface area (Å²) in [6.45, 7) is 9.95. The van der Waals surface area contributed by atoms with Crippen LogP contribution in [0.2, 0.25) is 0 Å². The van der Waals surface area contributed by atoms with Crippen LogP contribution in [0, 0.1) is 0 Å². The first-order valence-corrected chi connectivity index (χ1v) is 7.67. The molecule has 1 heterocycles. The summed E-state index contributed by atoms with van der Waals surface area (Å²) in [5.74, 6) is -0.215. The van der Waals surface area contributed by atoms with E-state index in [1.165, 1.54) is 0 Å². The molecular weight excluding hydrogens is 288 g/mol. The summed E-state index contributed by atoms with van der Waals surface area (Å²) in [4.78, 5) is 18.5. The third-order valence-electron chi connectivity index (χ3n) is 3.56. The van der Waals surface area contributed by atoms with Gasteiger partial charge in [0.2, 0.25) is 0 Å². The molecule has 0 radical (unpaired) electrons. The Morgan fingerprint density at radius 3 is 2.35 bits per heavy atom. The van der Waals surface area contributed by atoms with Crippen molar-refractivity contribution in [2.24, 2.45) is 0 Å². The standard InChI is InChI=1S/C18H22N4O/c1-4-22(5-2)16-11-9-15(10-12-16)18(23)21-20-14(3)17-8-6-7-13-19-17/h6-13,20H,3-5H2,1-2H3,(H,21,23). The summed E-state index contributed by atoms with van der Waals surface area (Å²) in [6.07, 6.45) is 1.68. The molecule has 5 nitrogen and oxygen atoms in total. The second-order valence-corrected chi connectivity index (χ2v) is 4.99. The lowest BCUT2D eigenvalue weighted by Crippen LogP contribution is -2.36. The number of hydrogen-bond acceptors (Lipinski definition) is 4. The van der Waals surface area contributed by atoms with Crippen LogP contribution in [0.3, 0.4) is 0 Å². The molecule has 0 bridgehead atoms. The molecule has 2 aromatic rings. The lowest BCUT2D eigenvalue weighted by atomic mass is 10.2. The molecule has 120 valence electrons. The van der Waals surface area contributed by atoms with E-state index in [4.69, 9.17) is 0 Å². The van der Waals surface area contributed by atoms with Crippen LogP contribution >= 0.6 is 0 Å². The number of pyridine rings is 1. The molecular formula is C18H22N4O. The number of benzene rings is 1. The molecule has 1 amide bonds. The van der Waals surface area contributed by atoms with E-state index in [-0.39, 0.29) is 5.91 Å². The number of anilines is 1. The van der Waals surface area contributed by atoms with Gasteiger partial charge < -0.3 is 4.90 Å². The van der Waals surface area contributed by atoms with Gasteiger partial charge in [-0.15, -0.1) is 0 Å². The average molecular weight is 310 g/mol. The van der Waals surface area contributed by atoms with E-state index in [1.807, 2.05) is 42.5 Å². The summed E-state index contributed by atoms with van der Waals surface area (Å²) in [7, 11) is 0. The molecule has 0 aliphatic carbocycles. The van der Waals surface area contributed by atoms with Crippen molar-refractivity contribution in [1.29, 1.82) is 0 Å². The van der Waals surface area contributed by atoms with Crippen molar-refractivity contribution < 1.29 is 4.79 Å². The molecule has 0 unspecified atom stereocenters. The second-order valence-electron chi connectivity index (χ2n) is 4.99. The molecule has 0 aliphatic rings. The Hall–Kier alpha value is -2.82. The average Bonchev–Trinajstić information content (AvgIpc) is 2.61. The molecule has 0 atom stereocenters. The van der Waals surface area contributed by atoms with Crippen LogP contribution < -0.4 is 15.8 Å². The zero-order chi connectivity index (χ0) is 16.7. The molecule has 2 rings (SSSR count). The number of hydrazine groups is 1. The maximum absolute atomic E-state index is 12.2. The van der Waals surface area contributed by atoms with Crippen LogP contribution in [-0.2, 0) is 0 Å². The van der Waals surface area contributed by atoms with Crippen molar-refractivity contribution in [3.8, 4) is 0 Å². The lowest BCUT2D eigenvalue weighted by molar-refractivity contribution is 0.0942. The van der Waals surface area contributed by atoms with E-state index in [2.05, 4.69) is 41.2 Å². The van der Waals surface area contributed by atoms with Crippen LogP contribution in [0.1, 0.15) is 29.9 Å². The van der Waals surface area contributed by atoms with E-state index in [0.717, 1.165) is 18.8 Å². The fourth-order valence-electron chi connectivity index (χ4n) is 2.22. The maximum atomic E-state index is 12.2. The molecule has 0 saturated heterocycles. The zero-order valence-corrected chi connectivity index (χ0v) is 13.5. The summed E-state index contributed by atoms with van der Waals surface area (Å²) in [5.41, 5.74) is 8.34. The highest BCUT2D eigenvalue weighted by molar-refractivity contribution is 5.94. The number of aromatic nitrogens is 1. The van der Waals surface area contributed by atoms with Crippen molar-refractivity contribution in [3.63, 3.8) is 0 Å². The smallest absolute Gasteiger partial charge is 0.269 e. The van der Waals surface area contributed by atoms with Gasteiger partial charge in [0.05, 0.1) is 11.4 Å². The number of carbonyl (C=O) groups is 1. The highest BCUT2D eigenvalue weighted by atomic mass is 16.2. The number of nitrogens with one attached hydrogen (secondary N) is 2. The number of carbonyl (C=O) groups excluding carboxylic acids is 1. The summed E-state index contributed by atoms with van der Waals surface area (Å²) >= 11 is 0. The Kier molecular flexibility index (Phi) is 5.74. The molecule has 0 saturated carbocycles. The van der Waals surface area contributed by atoms with E-state index in [0.29, 0.717) is 17.0 Å². The fraction of sp³-hybridized carbons (Fsp3) is 0.222. The van der Waals surface area contributed by atoms with Gasteiger partial charge in [-0.1, -0.05) is 12.6 Å². The van der Waals surface area contributed by atoms with Crippen LogP contribution in [-0.4, -0.2) is 24.0 Å². The number of hydrogen-bond donors (Lipinski definition) is 2. The molecule has 0 spiro atoms. The van der Waals surface area contributed by atoms with Crippen LogP contribution in [0.25, 0.3) is 5.70 Å². The fourth-order valence-corrected chi connectivity index (χ4v) is 2.22. The van der Waals surface area contributed by atoms with Gasteiger partial charge in [0.1, 0.15) is 0 Å². The third kappa shape index (κ3) is 4.32. The van der Waals surface area contributed by atoms with Crippen molar-refractivity contribution in [2.75, 3.05) is 18.0 Å². The molecule has 2 N–H and O–H groups in total. The number of nitrogens with zero attached hydrogens (tertiary/aromatic N) is 2. The third-order valence-corrected chi connectivity index (χ3v) is 3.56. The Morgan fingerprint density at radius 1 is 1.09 bits per heavy atom. The van der Waals surface area contributed by atoms with Gasteiger partial charge in [0.15, 0.2) is 0 Å². The lowest BCUT2D eigenvalue weighted by Gasteiger charge is -2.21. The first-order chi connectivity index (χ1) is 11.2. The number of rotatable bonds is 7. The van der Waals surface area contributed by atoms with Gasteiger partial charge in [0.25, 0.3) is 5.91 Å². The van der Waals surface area contributed by atoms with Gasteiger partial charge in [-0.05, 0) is 50.2 Å². The highest BCUT2D eigenvalue weighted by Gasteiger charge is 2.08. The molecule has 1 aromatic heterocycles. The van der Waals surface area contributed by atoms with Crippen molar-refractivity contribution in [3.05, 3.63) is 66.5 Å². The zero-order valence-electron chi connectivity index (χ0n) is 13.5. The topological polar surface area (TPSA) is 57.3 Å². The minimum atomic E-state index is -0.215. The molecule has 5 heteroatoms. The van der Waals surface area contributed by atoms with Gasteiger partial charge >= 0.3 is 0 Å². The van der Waals surface area contributed by atoms with Gasteiger partial charge in [-0.2, -0.15) is 0 Å². The SMILES string of the molecule is C=C(NNC(=O)c1ccc(N(CC)CC)cc1)c1ccccn1.